The Morgan fingerprint density at radius 1 is 0.553 bits per heavy atom. The monoisotopic (exact) mass is 532 g/mol. The summed E-state index contributed by atoms with van der Waals surface area (Å²) in [7, 11) is 0. The van der Waals surface area contributed by atoms with E-state index in [1.54, 1.807) is 6.07 Å². The summed E-state index contributed by atoms with van der Waals surface area (Å²) in [6.07, 6.45) is 1.55. The predicted molar refractivity (Wildman–Crippen MR) is 130 cm³/mol. The minimum atomic E-state index is -1.60. The van der Waals surface area contributed by atoms with Gasteiger partial charge in [0.2, 0.25) is 0 Å². The van der Waals surface area contributed by atoms with Gasteiger partial charge in [-0.05, 0) is 77.4 Å². The molecular weight excluding hydrogens is 509 g/mol. The molecule has 1 nitrogen and oxygen atoms in total. The van der Waals surface area contributed by atoms with Crippen LogP contribution in [0.3, 0.4) is 0 Å². The van der Waals surface area contributed by atoms with Gasteiger partial charge in [0, 0.05) is 5.56 Å². The summed E-state index contributed by atoms with van der Waals surface area (Å²) >= 11 is 0. The summed E-state index contributed by atoms with van der Waals surface area (Å²) in [5.74, 6) is -7.80. The van der Waals surface area contributed by atoms with Gasteiger partial charge in [-0.1, -0.05) is 43.7 Å². The van der Waals surface area contributed by atoms with Crippen molar-refractivity contribution in [2.75, 3.05) is 0 Å². The van der Waals surface area contributed by atoms with Gasteiger partial charge in [0.1, 0.15) is 12.4 Å². The fourth-order valence-corrected chi connectivity index (χ4v) is 4.14. The highest BCUT2D eigenvalue weighted by molar-refractivity contribution is 5.65. The summed E-state index contributed by atoms with van der Waals surface area (Å²) < 4.78 is 103. The minimum absolute atomic E-state index is 0.0108. The van der Waals surface area contributed by atoms with Crippen LogP contribution in [0.15, 0.2) is 60.7 Å². The Kier molecular flexibility index (Phi) is 8.39. The first-order valence-corrected chi connectivity index (χ1v) is 12.0. The Labute approximate surface area is 215 Å². The number of halogens is 7. The summed E-state index contributed by atoms with van der Waals surface area (Å²) in [6.45, 7) is 1.48. The van der Waals surface area contributed by atoms with E-state index in [1.165, 1.54) is 36.4 Å². The third-order valence-corrected chi connectivity index (χ3v) is 6.16. The fourth-order valence-electron chi connectivity index (χ4n) is 4.14. The second-order valence-corrected chi connectivity index (χ2v) is 8.88. The second kappa shape index (κ2) is 11.7. The minimum Gasteiger partial charge on any atom is -0.486 e. The molecule has 0 radical (unpaired) electrons. The maximum atomic E-state index is 14.8. The van der Waals surface area contributed by atoms with Crippen LogP contribution >= 0.6 is 0 Å². The molecule has 0 unspecified atom stereocenters. The van der Waals surface area contributed by atoms with Gasteiger partial charge in [0.05, 0.1) is 0 Å². The zero-order valence-corrected chi connectivity index (χ0v) is 20.4. The zero-order valence-electron chi connectivity index (χ0n) is 20.4. The standard InChI is InChI=1S/C30H23F7O/c1-2-3-20-9-10-22(29(36)28(20)35)21-8-7-19(23(31)15-21)6-4-17-5-11-27(24(32)12-17)38-16-18-13-25(33)30(37)26(34)14-18/h5,7-15H,2-4,6,16H2,1H3. The van der Waals surface area contributed by atoms with E-state index >= 15 is 0 Å². The van der Waals surface area contributed by atoms with Crippen LogP contribution in [-0.2, 0) is 25.9 Å². The van der Waals surface area contributed by atoms with E-state index < -0.39 is 40.7 Å². The Morgan fingerprint density at radius 3 is 1.89 bits per heavy atom. The molecule has 0 spiro atoms. The molecule has 0 saturated heterocycles. The molecule has 0 atom stereocenters. The van der Waals surface area contributed by atoms with Crippen molar-refractivity contribution in [2.45, 2.75) is 39.2 Å². The van der Waals surface area contributed by atoms with Gasteiger partial charge in [0.15, 0.2) is 40.7 Å². The van der Waals surface area contributed by atoms with Crippen molar-refractivity contribution >= 4 is 0 Å². The van der Waals surface area contributed by atoms with Crippen molar-refractivity contribution in [3.8, 4) is 16.9 Å². The van der Waals surface area contributed by atoms with Crippen molar-refractivity contribution in [1.82, 2.24) is 0 Å². The molecule has 0 heterocycles. The quantitative estimate of drug-likeness (QED) is 0.155. The van der Waals surface area contributed by atoms with E-state index in [4.69, 9.17) is 4.74 Å². The number of hydrogen-bond acceptors (Lipinski definition) is 1. The molecule has 0 aromatic heterocycles. The first-order chi connectivity index (χ1) is 18.2. The van der Waals surface area contributed by atoms with Crippen LogP contribution in [0.5, 0.6) is 5.75 Å². The van der Waals surface area contributed by atoms with Gasteiger partial charge in [0.25, 0.3) is 0 Å². The number of rotatable bonds is 9. The molecular formula is C30H23F7O. The predicted octanol–water partition coefficient (Wildman–Crippen LogP) is 8.64. The summed E-state index contributed by atoms with van der Waals surface area (Å²) in [6, 6.07) is 12.7. The molecule has 4 aromatic carbocycles. The van der Waals surface area contributed by atoms with E-state index in [0.717, 1.165) is 18.2 Å². The molecule has 198 valence electrons. The fraction of sp³-hybridized carbons (Fsp3) is 0.200. The third kappa shape index (κ3) is 6.01. The van der Waals surface area contributed by atoms with E-state index in [9.17, 15) is 30.7 Å². The first kappa shape index (κ1) is 27.2. The zero-order chi connectivity index (χ0) is 27.4. The largest absolute Gasteiger partial charge is 0.486 e. The summed E-state index contributed by atoms with van der Waals surface area (Å²) in [5, 5.41) is 0. The topological polar surface area (TPSA) is 9.23 Å². The van der Waals surface area contributed by atoms with Crippen molar-refractivity contribution in [3.63, 3.8) is 0 Å². The van der Waals surface area contributed by atoms with Gasteiger partial charge >= 0.3 is 0 Å². The highest BCUT2D eigenvalue weighted by atomic mass is 19.2. The SMILES string of the molecule is CCCc1ccc(-c2ccc(CCc3ccc(OCc4cc(F)c(F)c(F)c4)c(F)c3)c(F)c2)c(F)c1F. The summed E-state index contributed by atoms with van der Waals surface area (Å²) in [5.41, 5.74) is 1.29. The molecule has 0 aliphatic carbocycles. The van der Waals surface area contributed by atoms with Crippen LogP contribution < -0.4 is 4.74 Å². The van der Waals surface area contributed by atoms with Crippen LogP contribution in [0.2, 0.25) is 0 Å². The van der Waals surface area contributed by atoms with Crippen LogP contribution in [0.4, 0.5) is 30.7 Å². The lowest BCUT2D eigenvalue weighted by Gasteiger charge is -2.11. The van der Waals surface area contributed by atoms with Crippen molar-refractivity contribution in [1.29, 1.82) is 0 Å². The second-order valence-electron chi connectivity index (χ2n) is 8.88. The van der Waals surface area contributed by atoms with Crippen LogP contribution in [0.25, 0.3) is 11.1 Å². The maximum absolute atomic E-state index is 14.8. The summed E-state index contributed by atoms with van der Waals surface area (Å²) in [4.78, 5) is 0. The average Bonchev–Trinajstić information content (AvgIpc) is 2.89. The highest BCUT2D eigenvalue weighted by Gasteiger charge is 2.16. The van der Waals surface area contributed by atoms with Gasteiger partial charge < -0.3 is 4.74 Å². The van der Waals surface area contributed by atoms with Crippen LogP contribution in [0, 0.1) is 40.7 Å². The van der Waals surface area contributed by atoms with Gasteiger partial charge in [-0.25, -0.2) is 30.7 Å². The van der Waals surface area contributed by atoms with Crippen molar-refractivity contribution in [3.05, 3.63) is 124 Å². The normalized spacial score (nSPS) is 11.2. The van der Waals surface area contributed by atoms with Crippen molar-refractivity contribution in [2.24, 2.45) is 0 Å². The Balaban J connectivity index is 1.41. The lowest BCUT2D eigenvalue weighted by Crippen LogP contribution is -2.02. The smallest absolute Gasteiger partial charge is 0.194 e. The molecule has 38 heavy (non-hydrogen) atoms. The Morgan fingerprint density at radius 2 is 1.24 bits per heavy atom. The molecule has 0 saturated carbocycles. The number of ether oxygens (including phenoxy) is 1. The lowest BCUT2D eigenvalue weighted by molar-refractivity contribution is 0.288. The van der Waals surface area contributed by atoms with Gasteiger partial charge in [-0.3, -0.25) is 0 Å². The molecule has 4 aromatic rings. The van der Waals surface area contributed by atoms with Crippen LogP contribution in [0.1, 0.15) is 35.6 Å². The van der Waals surface area contributed by atoms with Crippen LogP contribution in [-0.4, -0.2) is 0 Å². The lowest BCUT2D eigenvalue weighted by atomic mass is 9.97. The molecule has 0 fully saturated rings. The number of aryl methyl sites for hydroxylation is 3. The van der Waals surface area contributed by atoms with E-state index in [2.05, 4.69) is 0 Å². The number of benzene rings is 4. The third-order valence-electron chi connectivity index (χ3n) is 6.16. The molecule has 8 heteroatoms. The van der Waals surface area contributed by atoms with Gasteiger partial charge in [-0.2, -0.15) is 0 Å². The van der Waals surface area contributed by atoms with Gasteiger partial charge in [-0.15, -0.1) is 0 Å². The molecule has 4 rings (SSSR count). The molecule has 0 aliphatic heterocycles. The first-order valence-electron chi connectivity index (χ1n) is 12.0. The maximum Gasteiger partial charge on any atom is 0.194 e. The Hall–Kier alpha value is -3.81. The van der Waals surface area contributed by atoms with E-state index in [-0.39, 0.29) is 47.5 Å². The van der Waals surface area contributed by atoms with E-state index in [1.807, 2.05) is 6.92 Å². The van der Waals surface area contributed by atoms with E-state index in [0.29, 0.717) is 24.0 Å². The highest BCUT2D eigenvalue weighted by Crippen LogP contribution is 2.29. The average molecular weight is 532 g/mol. The van der Waals surface area contributed by atoms with Crippen molar-refractivity contribution < 1.29 is 35.5 Å². The molecule has 0 N–H and O–H groups in total. The molecule has 0 amide bonds. The molecule has 0 bridgehead atoms. The Bertz CT molecular complexity index is 1440. The number of hydrogen-bond donors (Lipinski definition) is 0. The molecule has 0 aliphatic rings.